The van der Waals surface area contributed by atoms with Crippen molar-refractivity contribution in [1.29, 1.82) is 0 Å². The van der Waals surface area contributed by atoms with Gasteiger partial charge >= 0.3 is 0 Å². The van der Waals surface area contributed by atoms with Gasteiger partial charge in [0.1, 0.15) is 5.75 Å². The number of hydrogen-bond donors (Lipinski definition) is 1. The van der Waals surface area contributed by atoms with Gasteiger partial charge in [0.15, 0.2) is 0 Å². The summed E-state index contributed by atoms with van der Waals surface area (Å²) in [6.45, 7) is 0.883. The molecular weight excluding hydrogens is 240 g/mol. The molecule has 1 aliphatic heterocycles. The van der Waals surface area contributed by atoms with Crippen LogP contribution in [0.15, 0.2) is 24.3 Å². The van der Waals surface area contributed by atoms with E-state index in [-0.39, 0.29) is 6.10 Å². The highest BCUT2D eigenvalue weighted by molar-refractivity contribution is 5.29. The van der Waals surface area contributed by atoms with E-state index in [0.29, 0.717) is 12.2 Å². The van der Waals surface area contributed by atoms with E-state index >= 15 is 0 Å². The normalized spacial score (nSPS) is 24.4. The molecule has 2 atom stereocenters. The predicted octanol–water partition coefficient (Wildman–Crippen LogP) is 3.22. The van der Waals surface area contributed by atoms with E-state index in [2.05, 4.69) is 0 Å². The maximum Gasteiger partial charge on any atom is 0.119 e. The van der Waals surface area contributed by atoms with Gasteiger partial charge in [-0.3, -0.25) is 0 Å². The quantitative estimate of drug-likeness (QED) is 0.855. The van der Waals surface area contributed by atoms with Crippen molar-refractivity contribution in [3.05, 3.63) is 29.8 Å². The van der Waals surface area contributed by atoms with Crippen LogP contribution in [-0.2, 0) is 4.74 Å². The first-order chi connectivity index (χ1) is 9.31. The molecule has 1 aromatic carbocycles. The van der Waals surface area contributed by atoms with Crippen molar-refractivity contribution in [3.63, 3.8) is 0 Å². The number of rotatable bonds is 6. The summed E-state index contributed by atoms with van der Waals surface area (Å²) < 4.78 is 11.3. The molecule has 1 saturated carbocycles. The van der Waals surface area contributed by atoms with E-state index in [4.69, 9.17) is 9.47 Å². The zero-order valence-electron chi connectivity index (χ0n) is 11.3. The number of aliphatic hydroxyl groups excluding tert-OH is 1. The lowest BCUT2D eigenvalue weighted by Crippen LogP contribution is -2.08. The summed E-state index contributed by atoms with van der Waals surface area (Å²) in [5.74, 6) is 0.914. The van der Waals surface area contributed by atoms with Gasteiger partial charge in [0.2, 0.25) is 0 Å². The molecule has 0 radical (unpaired) electrons. The average Bonchev–Trinajstić information content (AvgIpc) is 3.09. The zero-order chi connectivity index (χ0) is 13.1. The first kappa shape index (κ1) is 12.9. The highest BCUT2D eigenvalue weighted by atomic mass is 16.5. The van der Waals surface area contributed by atoms with E-state index in [1.165, 1.54) is 12.8 Å². The molecule has 3 nitrogen and oxygen atoms in total. The Bertz CT molecular complexity index is 391. The molecule has 1 N–H and O–H groups in total. The van der Waals surface area contributed by atoms with Crippen LogP contribution in [0.25, 0.3) is 0 Å². The Labute approximate surface area is 114 Å². The molecule has 104 valence electrons. The first-order valence-corrected chi connectivity index (χ1v) is 7.37. The summed E-state index contributed by atoms with van der Waals surface area (Å²) in [6.07, 6.45) is 6.75. The molecule has 0 spiro atoms. The Hall–Kier alpha value is -1.06. The van der Waals surface area contributed by atoms with Crippen molar-refractivity contribution in [2.45, 2.75) is 56.8 Å². The fraction of sp³-hybridized carbons (Fsp3) is 0.625. The summed E-state index contributed by atoms with van der Waals surface area (Å²) >= 11 is 0. The molecule has 0 amide bonds. The fourth-order valence-electron chi connectivity index (χ4n) is 2.53. The largest absolute Gasteiger partial charge is 0.490 e. The molecule has 0 aromatic heterocycles. The maximum atomic E-state index is 10.2. The van der Waals surface area contributed by atoms with E-state index < -0.39 is 0 Å². The van der Waals surface area contributed by atoms with Crippen LogP contribution in [0.1, 0.15) is 50.2 Å². The topological polar surface area (TPSA) is 38.7 Å². The highest BCUT2D eigenvalue weighted by Crippen LogP contribution is 2.29. The van der Waals surface area contributed by atoms with Crippen LogP contribution >= 0.6 is 0 Å². The van der Waals surface area contributed by atoms with Gasteiger partial charge in [-0.05, 0) is 56.2 Å². The second kappa shape index (κ2) is 5.93. The van der Waals surface area contributed by atoms with Crippen LogP contribution in [0, 0.1) is 0 Å². The number of benzene rings is 1. The van der Waals surface area contributed by atoms with Gasteiger partial charge in [0, 0.05) is 6.61 Å². The second-order valence-corrected chi connectivity index (χ2v) is 5.61. The minimum atomic E-state index is -0.390. The standard InChI is InChI=1S/C16H22O3/c17-16(10-9-13-2-1-11-18-13)12-3-5-14(6-4-12)19-15-7-8-15/h3-6,13,15-17H,1-2,7-11H2. The molecule has 2 unspecified atom stereocenters. The molecule has 1 aromatic rings. The lowest BCUT2D eigenvalue weighted by atomic mass is 10.0. The molecule has 0 bridgehead atoms. The van der Waals surface area contributed by atoms with Gasteiger partial charge in [-0.2, -0.15) is 0 Å². The lowest BCUT2D eigenvalue weighted by molar-refractivity contribution is 0.0812. The van der Waals surface area contributed by atoms with Crippen LogP contribution in [0.5, 0.6) is 5.75 Å². The summed E-state index contributed by atoms with van der Waals surface area (Å²) in [6, 6.07) is 7.86. The van der Waals surface area contributed by atoms with Crippen molar-refractivity contribution in [2.75, 3.05) is 6.61 Å². The van der Waals surface area contributed by atoms with Crippen LogP contribution < -0.4 is 4.74 Å². The SMILES string of the molecule is OC(CCC1CCCO1)c1ccc(OC2CC2)cc1. The zero-order valence-corrected chi connectivity index (χ0v) is 11.3. The Morgan fingerprint density at radius 1 is 1.21 bits per heavy atom. The van der Waals surface area contributed by atoms with Crippen LogP contribution in [-0.4, -0.2) is 23.9 Å². The summed E-state index contributed by atoms with van der Waals surface area (Å²) in [5.41, 5.74) is 0.973. The molecule has 2 aliphatic rings. The lowest BCUT2D eigenvalue weighted by Gasteiger charge is -2.14. The Morgan fingerprint density at radius 3 is 2.63 bits per heavy atom. The van der Waals surface area contributed by atoms with E-state index in [1.807, 2.05) is 24.3 Å². The number of hydrogen-bond acceptors (Lipinski definition) is 3. The first-order valence-electron chi connectivity index (χ1n) is 7.37. The maximum absolute atomic E-state index is 10.2. The van der Waals surface area contributed by atoms with Crippen LogP contribution in [0.2, 0.25) is 0 Å². The smallest absolute Gasteiger partial charge is 0.119 e. The van der Waals surface area contributed by atoms with Crippen molar-refractivity contribution < 1.29 is 14.6 Å². The minimum Gasteiger partial charge on any atom is -0.490 e. The average molecular weight is 262 g/mol. The Balaban J connectivity index is 1.48. The van der Waals surface area contributed by atoms with Gasteiger partial charge in [0.25, 0.3) is 0 Å². The summed E-state index contributed by atoms with van der Waals surface area (Å²) in [5, 5.41) is 10.2. The molecular formula is C16H22O3. The molecule has 3 rings (SSSR count). The van der Waals surface area contributed by atoms with Crippen molar-refractivity contribution in [1.82, 2.24) is 0 Å². The van der Waals surface area contributed by atoms with Gasteiger partial charge in [-0.1, -0.05) is 12.1 Å². The number of aliphatic hydroxyl groups is 1. The summed E-state index contributed by atoms with van der Waals surface area (Å²) in [7, 11) is 0. The summed E-state index contributed by atoms with van der Waals surface area (Å²) in [4.78, 5) is 0. The van der Waals surface area contributed by atoms with E-state index in [9.17, 15) is 5.11 Å². The second-order valence-electron chi connectivity index (χ2n) is 5.61. The molecule has 1 saturated heterocycles. The minimum absolute atomic E-state index is 0.354. The van der Waals surface area contributed by atoms with Gasteiger partial charge in [0.05, 0.1) is 18.3 Å². The van der Waals surface area contributed by atoms with Crippen molar-refractivity contribution in [2.24, 2.45) is 0 Å². The predicted molar refractivity (Wildman–Crippen MR) is 73.3 cm³/mol. The number of ether oxygens (including phenoxy) is 2. The van der Waals surface area contributed by atoms with Gasteiger partial charge in [-0.25, -0.2) is 0 Å². The molecule has 2 fully saturated rings. The molecule has 19 heavy (non-hydrogen) atoms. The van der Waals surface area contributed by atoms with Gasteiger partial charge in [-0.15, -0.1) is 0 Å². The Morgan fingerprint density at radius 2 is 2.00 bits per heavy atom. The van der Waals surface area contributed by atoms with Gasteiger partial charge < -0.3 is 14.6 Å². The third kappa shape index (κ3) is 3.71. The monoisotopic (exact) mass is 262 g/mol. The third-order valence-electron chi connectivity index (χ3n) is 3.88. The van der Waals surface area contributed by atoms with E-state index in [1.54, 1.807) is 0 Å². The molecule has 3 heteroatoms. The Kier molecular flexibility index (Phi) is 4.04. The van der Waals surface area contributed by atoms with Crippen molar-refractivity contribution >= 4 is 0 Å². The molecule has 1 heterocycles. The van der Waals surface area contributed by atoms with Crippen molar-refractivity contribution in [3.8, 4) is 5.75 Å². The van der Waals surface area contributed by atoms with Crippen LogP contribution in [0.3, 0.4) is 0 Å². The van der Waals surface area contributed by atoms with Crippen LogP contribution in [0.4, 0.5) is 0 Å². The third-order valence-corrected chi connectivity index (χ3v) is 3.88. The molecule has 1 aliphatic carbocycles. The highest BCUT2D eigenvalue weighted by Gasteiger charge is 2.23. The fourth-order valence-corrected chi connectivity index (χ4v) is 2.53. The van der Waals surface area contributed by atoms with E-state index in [0.717, 1.165) is 43.6 Å².